The summed E-state index contributed by atoms with van der Waals surface area (Å²) in [6.07, 6.45) is -3.29. The average Bonchev–Trinajstić information content (AvgIpc) is 3.46. The first kappa shape index (κ1) is 22.5. The highest BCUT2D eigenvalue weighted by Gasteiger charge is 2.52. The van der Waals surface area contributed by atoms with Crippen LogP contribution in [-0.4, -0.2) is 87.6 Å². The second-order valence-electron chi connectivity index (χ2n) is 7.51. The van der Waals surface area contributed by atoms with Crippen LogP contribution in [0.1, 0.15) is 17.6 Å². The summed E-state index contributed by atoms with van der Waals surface area (Å²) >= 11 is 0. The molecule has 1 fully saturated rings. The number of aliphatic carboxylic acids is 2. The molecule has 0 radical (unpaired) electrons. The number of aromatic nitrogens is 6. The standard InChI is InChI=1S/C18H20FN7O7/c1-7-24-13(20)11-14(25-7)26(6-21-11)15-10(19)12(27)9(33-15)5-32-18(16(28)29,17(30)31)2-8-3-22-23-4-8/h3-4,6,9-10,12,15,27H,2,5H2,1H3,(H,22,23)(H,28,29)(H,30,31)(H2,20,24,25)/t9-,10+,12-,15-/m1/s1. The zero-order chi connectivity index (χ0) is 23.9. The fourth-order valence-corrected chi connectivity index (χ4v) is 3.61. The van der Waals surface area contributed by atoms with Crippen molar-refractivity contribution in [3.63, 3.8) is 0 Å². The number of aliphatic hydroxyl groups excluding tert-OH is 1. The number of hydrogen-bond donors (Lipinski definition) is 5. The normalized spacial score (nSPS) is 23.2. The zero-order valence-electron chi connectivity index (χ0n) is 17.1. The van der Waals surface area contributed by atoms with Gasteiger partial charge in [0.15, 0.2) is 23.9 Å². The molecule has 4 atom stereocenters. The molecule has 6 N–H and O–H groups in total. The van der Waals surface area contributed by atoms with Crippen LogP contribution in [0.2, 0.25) is 0 Å². The van der Waals surface area contributed by atoms with Gasteiger partial charge < -0.3 is 30.5 Å². The van der Waals surface area contributed by atoms with Crippen LogP contribution in [-0.2, 0) is 25.5 Å². The lowest BCUT2D eigenvalue weighted by Crippen LogP contribution is -2.52. The van der Waals surface area contributed by atoms with Crippen molar-refractivity contribution in [3.05, 3.63) is 30.1 Å². The Morgan fingerprint density at radius 1 is 1.36 bits per heavy atom. The third-order valence-electron chi connectivity index (χ3n) is 5.32. The smallest absolute Gasteiger partial charge is 0.348 e. The molecule has 176 valence electrons. The summed E-state index contributed by atoms with van der Waals surface area (Å²) in [6, 6.07) is 0. The number of H-pyrrole nitrogens is 1. The molecule has 0 aromatic carbocycles. The number of hydrogen-bond acceptors (Lipinski definition) is 10. The number of fused-ring (bicyclic) bond motifs is 1. The maximum Gasteiger partial charge on any atom is 0.348 e. The molecule has 1 aliphatic rings. The number of carbonyl (C=O) groups is 2. The maximum absolute atomic E-state index is 15.0. The number of halogens is 1. The lowest BCUT2D eigenvalue weighted by molar-refractivity contribution is -0.189. The highest BCUT2D eigenvalue weighted by atomic mass is 19.1. The van der Waals surface area contributed by atoms with Gasteiger partial charge in [-0.15, -0.1) is 0 Å². The molecule has 0 amide bonds. The predicted octanol–water partition coefficient (Wildman–Crippen LogP) is -0.796. The van der Waals surface area contributed by atoms with Crippen molar-refractivity contribution in [2.24, 2.45) is 0 Å². The molecule has 15 heteroatoms. The van der Waals surface area contributed by atoms with Gasteiger partial charge in [-0.05, 0) is 12.5 Å². The Kier molecular flexibility index (Phi) is 5.69. The number of carboxylic acid groups (broad SMARTS) is 2. The Labute approximate surface area is 184 Å². The van der Waals surface area contributed by atoms with Crippen molar-refractivity contribution < 1.29 is 38.8 Å². The van der Waals surface area contributed by atoms with Gasteiger partial charge in [0.2, 0.25) is 0 Å². The van der Waals surface area contributed by atoms with E-state index in [4.69, 9.17) is 15.2 Å². The van der Waals surface area contributed by atoms with E-state index in [-0.39, 0.29) is 22.5 Å². The number of carboxylic acids is 2. The first-order valence-electron chi connectivity index (χ1n) is 9.66. The summed E-state index contributed by atoms with van der Waals surface area (Å²) in [5.74, 6) is -3.17. The fraction of sp³-hybridized carbons (Fsp3) is 0.444. The molecular weight excluding hydrogens is 445 g/mol. The van der Waals surface area contributed by atoms with Crippen LogP contribution in [0.25, 0.3) is 11.2 Å². The van der Waals surface area contributed by atoms with Crippen LogP contribution in [0.3, 0.4) is 0 Å². The summed E-state index contributed by atoms with van der Waals surface area (Å²) in [5.41, 5.74) is 3.74. The summed E-state index contributed by atoms with van der Waals surface area (Å²) in [7, 11) is 0. The third-order valence-corrected chi connectivity index (χ3v) is 5.32. The zero-order valence-corrected chi connectivity index (χ0v) is 17.1. The lowest BCUT2D eigenvalue weighted by atomic mass is 9.96. The Hall–Kier alpha value is -3.69. The number of alkyl halides is 1. The van der Waals surface area contributed by atoms with Crippen molar-refractivity contribution in [3.8, 4) is 0 Å². The number of ether oxygens (including phenoxy) is 2. The van der Waals surface area contributed by atoms with Crippen molar-refractivity contribution in [2.45, 2.75) is 43.6 Å². The number of rotatable bonds is 8. The van der Waals surface area contributed by atoms with E-state index in [0.717, 1.165) is 0 Å². The van der Waals surface area contributed by atoms with Gasteiger partial charge >= 0.3 is 11.9 Å². The van der Waals surface area contributed by atoms with Gasteiger partial charge in [0.05, 0.1) is 19.1 Å². The molecule has 0 bridgehead atoms. The van der Waals surface area contributed by atoms with E-state index in [1.807, 2.05) is 0 Å². The van der Waals surface area contributed by atoms with Crippen molar-refractivity contribution in [1.29, 1.82) is 0 Å². The number of aliphatic hydroxyl groups is 1. The summed E-state index contributed by atoms with van der Waals surface area (Å²) < 4.78 is 27.0. The average molecular weight is 465 g/mol. The van der Waals surface area contributed by atoms with E-state index < -0.39 is 55.2 Å². The van der Waals surface area contributed by atoms with Crippen LogP contribution in [0.5, 0.6) is 0 Å². The number of nitrogens with zero attached hydrogens (tertiary/aromatic N) is 5. The molecule has 3 aromatic heterocycles. The van der Waals surface area contributed by atoms with E-state index in [0.29, 0.717) is 5.82 Å². The van der Waals surface area contributed by atoms with Crippen LogP contribution in [0.15, 0.2) is 18.7 Å². The Morgan fingerprint density at radius 2 is 2.09 bits per heavy atom. The van der Waals surface area contributed by atoms with Gasteiger partial charge in [-0.1, -0.05) is 0 Å². The van der Waals surface area contributed by atoms with Gasteiger partial charge in [0.1, 0.15) is 23.5 Å². The SMILES string of the molecule is Cc1nc(N)c2ncn([C@@H]3O[C@H](COC(Cc4cn[nH]c4)(C(=O)O)C(=O)O)[C@@H](O)[C@@H]3F)c2n1. The van der Waals surface area contributed by atoms with Gasteiger partial charge in [-0.2, -0.15) is 5.10 Å². The first-order valence-corrected chi connectivity index (χ1v) is 9.66. The van der Waals surface area contributed by atoms with E-state index in [1.54, 1.807) is 6.92 Å². The Balaban J connectivity index is 1.57. The van der Waals surface area contributed by atoms with Gasteiger partial charge in [-0.25, -0.2) is 28.9 Å². The van der Waals surface area contributed by atoms with E-state index in [9.17, 15) is 29.3 Å². The number of aryl methyl sites for hydroxylation is 1. The highest BCUT2D eigenvalue weighted by Crippen LogP contribution is 2.35. The second kappa shape index (κ2) is 8.34. The van der Waals surface area contributed by atoms with Crippen LogP contribution < -0.4 is 5.73 Å². The Morgan fingerprint density at radius 3 is 2.73 bits per heavy atom. The molecular formula is C18H20FN7O7. The monoisotopic (exact) mass is 465 g/mol. The third kappa shape index (κ3) is 3.85. The molecule has 0 aliphatic carbocycles. The predicted molar refractivity (Wildman–Crippen MR) is 106 cm³/mol. The highest BCUT2D eigenvalue weighted by molar-refractivity contribution is 6.02. The fourth-order valence-electron chi connectivity index (χ4n) is 3.61. The van der Waals surface area contributed by atoms with Crippen molar-refractivity contribution in [1.82, 2.24) is 29.7 Å². The Bertz CT molecular complexity index is 1170. The summed E-state index contributed by atoms with van der Waals surface area (Å²) in [4.78, 5) is 35.9. The minimum absolute atomic E-state index is 0.0806. The molecule has 0 unspecified atom stereocenters. The van der Waals surface area contributed by atoms with Gasteiger partial charge in [0.25, 0.3) is 5.60 Å². The van der Waals surface area contributed by atoms with Gasteiger partial charge in [-0.3, -0.25) is 9.67 Å². The number of nitrogens with one attached hydrogen (secondary N) is 1. The molecule has 4 heterocycles. The van der Waals surface area contributed by atoms with Crippen LogP contribution in [0.4, 0.5) is 10.2 Å². The molecule has 1 saturated heterocycles. The second-order valence-corrected chi connectivity index (χ2v) is 7.51. The van der Waals surface area contributed by atoms with Gasteiger partial charge in [0, 0.05) is 12.6 Å². The largest absolute Gasteiger partial charge is 0.479 e. The summed E-state index contributed by atoms with van der Waals surface area (Å²) in [5, 5.41) is 35.7. The van der Waals surface area contributed by atoms with Crippen molar-refractivity contribution in [2.75, 3.05) is 12.3 Å². The number of nitrogens with two attached hydrogens (primary N) is 1. The van der Waals surface area contributed by atoms with E-state index in [1.165, 1.54) is 23.3 Å². The van der Waals surface area contributed by atoms with Crippen LogP contribution in [0, 0.1) is 6.92 Å². The first-order chi connectivity index (χ1) is 15.6. The molecule has 14 nitrogen and oxygen atoms in total. The number of imidazole rings is 1. The summed E-state index contributed by atoms with van der Waals surface area (Å²) in [6.45, 7) is 0.857. The molecule has 33 heavy (non-hydrogen) atoms. The van der Waals surface area contributed by atoms with E-state index >= 15 is 0 Å². The molecule has 0 saturated carbocycles. The molecule has 0 spiro atoms. The maximum atomic E-state index is 15.0. The minimum Gasteiger partial charge on any atom is -0.479 e. The van der Waals surface area contributed by atoms with Crippen LogP contribution >= 0.6 is 0 Å². The number of aromatic amines is 1. The molecule has 1 aliphatic heterocycles. The number of anilines is 1. The lowest BCUT2D eigenvalue weighted by Gasteiger charge is -2.27. The van der Waals surface area contributed by atoms with Crippen molar-refractivity contribution >= 4 is 28.9 Å². The molecule has 4 rings (SSSR count). The molecule has 3 aromatic rings. The quantitative estimate of drug-likeness (QED) is 0.259. The van der Waals surface area contributed by atoms with E-state index in [2.05, 4.69) is 25.1 Å². The minimum atomic E-state index is -2.71. The number of nitrogen functional groups attached to an aromatic ring is 1. The topological polar surface area (TPSA) is 212 Å².